The van der Waals surface area contributed by atoms with Crippen LogP contribution >= 0.6 is 11.3 Å². The van der Waals surface area contributed by atoms with Crippen molar-refractivity contribution in [2.45, 2.75) is 43.6 Å². The molecule has 2 aliphatic carbocycles. The number of aromatic nitrogens is 1. The molecule has 1 fully saturated rings. The lowest BCUT2D eigenvalue weighted by molar-refractivity contribution is 0.386. The predicted octanol–water partition coefficient (Wildman–Crippen LogP) is 3.36. The first-order valence-corrected chi connectivity index (χ1v) is 7.89. The van der Waals surface area contributed by atoms with Gasteiger partial charge in [-0.05, 0) is 31.2 Å². The fourth-order valence-corrected chi connectivity index (χ4v) is 4.38. The van der Waals surface area contributed by atoms with Crippen LogP contribution in [0.5, 0.6) is 0 Å². The summed E-state index contributed by atoms with van der Waals surface area (Å²) in [5.41, 5.74) is 9.07. The third-order valence-corrected chi connectivity index (χ3v) is 5.61. The molecule has 1 saturated carbocycles. The minimum Gasteiger partial charge on any atom is -0.321 e. The Bertz CT molecular complexity index is 600. The summed E-state index contributed by atoms with van der Waals surface area (Å²) in [7, 11) is 0. The molecule has 1 aromatic heterocycles. The van der Waals surface area contributed by atoms with Crippen LogP contribution in [0.1, 0.15) is 46.3 Å². The van der Waals surface area contributed by atoms with Gasteiger partial charge in [0.05, 0.1) is 10.7 Å². The van der Waals surface area contributed by atoms with E-state index >= 15 is 0 Å². The standard InChI is InChI=1S/C16H18N2S/c17-16(12-4-2-1-3-5-12)9-8-13-14(10-16)19-15(18-13)11-6-7-11/h1-5,11H,6-10,17H2. The summed E-state index contributed by atoms with van der Waals surface area (Å²) in [6, 6.07) is 10.5. The zero-order valence-electron chi connectivity index (χ0n) is 10.9. The van der Waals surface area contributed by atoms with E-state index in [1.807, 2.05) is 11.3 Å². The maximum atomic E-state index is 6.68. The molecular formula is C16H18N2S. The maximum absolute atomic E-state index is 6.68. The van der Waals surface area contributed by atoms with Crippen molar-refractivity contribution in [3.8, 4) is 0 Å². The molecule has 0 aliphatic heterocycles. The molecule has 1 unspecified atom stereocenters. The molecule has 1 heterocycles. The van der Waals surface area contributed by atoms with Gasteiger partial charge >= 0.3 is 0 Å². The summed E-state index contributed by atoms with van der Waals surface area (Å²) < 4.78 is 0. The Kier molecular flexibility index (Phi) is 2.54. The molecule has 1 atom stereocenters. The van der Waals surface area contributed by atoms with Gasteiger partial charge in [-0.25, -0.2) is 4.98 Å². The molecule has 2 aromatic rings. The van der Waals surface area contributed by atoms with Crippen molar-refractivity contribution in [2.75, 3.05) is 0 Å². The van der Waals surface area contributed by atoms with Crippen molar-refractivity contribution < 1.29 is 0 Å². The number of hydrogen-bond donors (Lipinski definition) is 1. The molecule has 1 aromatic carbocycles. The van der Waals surface area contributed by atoms with Gasteiger partial charge < -0.3 is 5.73 Å². The zero-order chi connectivity index (χ0) is 12.9. The molecule has 2 nitrogen and oxygen atoms in total. The van der Waals surface area contributed by atoms with Crippen molar-refractivity contribution >= 4 is 11.3 Å². The highest BCUT2D eigenvalue weighted by atomic mass is 32.1. The van der Waals surface area contributed by atoms with Crippen molar-refractivity contribution in [3.63, 3.8) is 0 Å². The van der Waals surface area contributed by atoms with Crippen molar-refractivity contribution in [3.05, 3.63) is 51.5 Å². The fourth-order valence-electron chi connectivity index (χ4n) is 2.97. The summed E-state index contributed by atoms with van der Waals surface area (Å²) in [5.74, 6) is 0.763. The molecule has 19 heavy (non-hydrogen) atoms. The van der Waals surface area contributed by atoms with E-state index in [0.717, 1.165) is 25.2 Å². The fraction of sp³-hybridized carbons (Fsp3) is 0.438. The summed E-state index contributed by atoms with van der Waals surface area (Å²) in [4.78, 5) is 6.27. The first kappa shape index (κ1) is 11.6. The van der Waals surface area contributed by atoms with Crippen LogP contribution in [0.4, 0.5) is 0 Å². The number of hydrogen-bond acceptors (Lipinski definition) is 3. The third-order valence-electron chi connectivity index (χ3n) is 4.35. The highest BCUT2D eigenvalue weighted by Gasteiger charge is 2.36. The first-order chi connectivity index (χ1) is 9.24. The average molecular weight is 270 g/mol. The summed E-state index contributed by atoms with van der Waals surface area (Å²) in [6.07, 6.45) is 5.66. The van der Waals surface area contributed by atoms with E-state index in [2.05, 4.69) is 30.3 Å². The molecular weight excluding hydrogens is 252 g/mol. The van der Waals surface area contributed by atoms with Gasteiger partial charge in [0, 0.05) is 22.8 Å². The van der Waals surface area contributed by atoms with E-state index < -0.39 is 0 Å². The molecule has 3 heteroatoms. The van der Waals surface area contributed by atoms with Gasteiger partial charge in [-0.3, -0.25) is 0 Å². The topological polar surface area (TPSA) is 38.9 Å². The first-order valence-electron chi connectivity index (χ1n) is 7.07. The van der Waals surface area contributed by atoms with E-state index in [1.54, 1.807) is 0 Å². The van der Waals surface area contributed by atoms with E-state index in [1.165, 1.54) is 34.0 Å². The Morgan fingerprint density at radius 1 is 1.21 bits per heavy atom. The lowest BCUT2D eigenvalue weighted by Gasteiger charge is -2.33. The monoisotopic (exact) mass is 270 g/mol. The summed E-state index contributed by atoms with van der Waals surface area (Å²) in [5, 5.41) is 1.36. The minimum absolute atomic E-state index is 0.193. The largest absolute Gasteiger partial charge is 0.321 e. The molecule has 4 rings (SSSR count). The Morgan fingerprint density at radius 2 is 2.00 bits per heavy atom. The van der Waals surface area contributed by atoms with Crippen LogP contribution in [-0.2, 0) is 18.4 Å². The molecule has 0 bridgehead atoms. The van der Waals surface area contributed by atoms with E-state index in [-0.39, 0.29) is 5.54 Å². The van der Waals surface area contributed by atoms with E-state index in [9.17, 15) is 0 Å². The average Bonchev–Trinajstić information content (AvgIpc) is 3.20. The number of rotatable bonds is 2. The Labute approximate surface area is 117 Å². The Morgan fingerprint density at radius 3 is 2.74 bits per heavy atom. The number of nitrogens with two attached hydrogens (primary N) is 1. The van der Waals surface area contributed by atoms with Gasteiger partial charge in [0.15, 0.2) is 0 Å². The molecule has 2 N–H and O–H groups in total. The predicted molar refractivity (Wildman–Crippen MR) is 78.4 cm³/mol. The number of aryl methyl sites for hydroxylation is 1. The van der Waals surface area contributed by atoms with Gasteiger partial charge in [0.2, 0.25) is 0 Å². The highest BCUT2D eigenvalue weighted by Crippen LogP contribution is 2.45. The number of nitrogens with zero attached hydrogens (tertiary/aromatic N) is 1. The van der Waals surface area contributed by atoms with Crippen LogP contribution in [0.2, 0.25) is 0 Å². The van der Waals surface area contributed by atoms with E-state index in [4.69, 9.17) is 10.7 Å². The van der Waals surface area contributed by atoms with Crippen LogP contribution in [0.25, 0.3) is 0 Å². The van der Waals surface area contributed by atoms with Gasteiger partial charge in [-0.15, -0.1) is 11.3 Å². The quantitative estimate of drug-likeness (QED) is 0.908. The number of fused-ring (bicyclic) bond motifs is 1. The normalized spacial score (nSPS) is 26.2. The highest BCUT2D eigenvalue weighted by molar-refractivity contribution is 7.11. The van der Waals surface area contributed by atoms with Crippen LogP contribution in [0.15, 0.2) is 30.3 Å². The lowest BCUT2D eigenvalue weighted by Crippen LogP contribution is -2.41. The number of benzene rings is 1. The molecule has 98 valence electrons. The molecule has 0 amide bonds. The van der Waals surface area contributed by atoms with Crippen molar-refractivity contribution in [2.24, 2.45) is 5.73 Å². The smallest absolute Gasteiger partial charge is 0.0962 e. The third kappa shape index (κ3) is 2.01. The second-order valence-electron chi connectivity index (χ2n) is 5.90. The molecule has 2 aliphatic rings. The summed E-state index contributed by atoms with van der Waals surface area (Å²) >= 11 is 1.91. The lowest BCUT2D eigenvalue weighted by atomic mass is 9.79. The van der Waals surface area contributed by atoms with Gasteiger partial charge in [0.1, 0.15) is 0 Å². The van der Waals surface area contributed by atoms with E-state index in [0.29, 0.717) is 0 Å². The van der Waals surface area contributed by atoms with Crippen LogP contribution in [-0.4, -0.2) is 4.98 Å². The van der Waals surface area contributed by atoms with Crippen LogP contribution in [0, 0.1) is 0 Å². The zero-order valence-corrected chi connectivity index (χ0v) is 11.7. The maximum Gasteiger partial charge on any atom is 0.0962 e. The van der Waals surface area contributed by atoms with Crippen LogP contribution < -0.4 is 5.73 Å². The SMILES string of the molecule is NC1(c2ccccc2)CCc2nc(C3CC3)sc2C1. The van der Waals surface area contributed by atoms with Gasteiger partial charge in [-0.1, -0.05) is 30.3 Å². The van der Waals surface area contributed by atoms with Crippen molar-refractivity contribution in [1.82, 2.24) is 4.98 Å². The van der Waals surface area contributed by atoms with Gasteiger partial charge in [0.25, 0.3) is 0 Å². The number of thiazole rings is 1. The molecule has 0 radical (unpaired) electrons. The summed E-state index contributed by atoms with van der Waals surface area (Å²) in [6.45, 7) is 0. The Hall–Kier alpha value is -1.19. The molecule has 0 saturated heterocycles. The van der Waals surface area contributed by atoms with Crippen molar-refractivity contribution in [1.29, 1.82) is 0 Å². The van der Waals surface area contributed by atoms with Crippen LogP contribution in [0.3, 0.4) is 0 Å². The second-order valence-corrected chi connectivity index (χ2v) is 7.01. The Balaban J connectivity index is 1.67. The van der Waals surface area contributed by atoms with Gasteiger partial charge in [-0.2, -0.15) is 0 Å². The second kappa shape index (κ2) is 4.15. The minimum atomic E-state index is -0.193. The molecule has 0 spiro atoms.